The van der Waals surface area contributed by atoms with Crippen LogP contribution in [0.25, 0.3) is 0 Å². The molecule has 0 fully saturated rings. The Morgan fingerprint density at radius 3 is 2.92 bits per heavy atom. The lowest BCUT2D eigenvalue weighted by Crippen LogP contribution is -2.20. The van der Waals surface area contributed by atoms with Crippen LogP contribution in [-0.4, -0.2) is 30.2 Å². The largest absolute Gasteiger partial charge is 0.395 e. The molecular formula is C8H12BrNOS. The Bertz CT molecular complexity index is 239. The van der Waals surface area contributed by atoms with E-state index in [2.05, 4.69) is 32.3 Å². The second kappa shape index (κ2) is 4.97. The van der Waals surface area contributed by atoms with Crippen molar-refractivity contribution < 1.29 is 5.11 Å². The molecule has 0 saturated heterocycles. The predicted molar refractivity (Wildman–Crippen MR) is 55.4 cm³/mol. The first-order chi connectivity index (χ1) is 5.72. The maximum absolute atomic E-state index is 8.67. The molecule has 0 radical (unpaired) electrons. The Labute approximate surface area is 85.0 Å². The summed E-state index contributed by atoms with van der Waals surface area (Å²) in [5.74, 6) is 0. The van der Waals surface area contributed by atoms with Gasteiger partial charge in [-0.25, -0.2) is 0 Å². The summed E-state index contributed by atoms with van der Waals surface area (Å²) in [4.78, 5) is 3.41. The molecule has 0 aliphatic heterocycles. The zero-order valence-electron chi connectivity index (χ0n) is 6.96. The van der Waals surface area contributed by atoms with Crippen LogP contribution in [-0.2, 0) is 6.54 Å². The molecule has 12 heavy (non-hydrogen) atoms. The summed E-state index contributed by atoms with van der Waals surface area (Å²) >= 11 is 5.14. The minimum atomic E-state index is 0.225. The molecule has 0 atom stereocenters. The van der Waals surface area contributed by atoms with Gasteiger partial charge in [-0.1, -0.05) is 0 Å². The molecule has 4 heteroatoms. The molecule has 0 aliphatic rings. The molecule has 0 saturated carbocycles. The number of hydrogen-bond acceptors (Lipinski definition) is 3. The zero-order valence-corrected chi connectivity index (χ0v) is 9.36. The third-order valence-electron chi connectivity index (χ3n) is 1.53. The van der Waals surface area contributed by atoms with E-state index in [1.54, 1.807) is 11.3 Å². The molecule has 0 aromatic carbocycles. The van der Waals surface area contributed by atoms with E-state index in [1.807, 2.05) is 7.05 Å². The van der Waals surface area contributed by atoms with Crippen molar-refractivity contribution in [2.24, 2.45) is 0 Å². The van der Waals surface area contributed by atoms with Gasteiger partial charge in [0.05, 0.1) is 6.61 Å². The number of hydrogen-bond donors (Lipinski definition) is 1. The number of halogens is 1. The standard InChI is InChI=1S/C8H12BrNOS/c1-10(2-3-11)5-8-4-7(9)6-12-8/h4,6,11H,2-3,5H2,1H3. The van der Waals surface area contributed by atoms with E-state index in [4.69, 9.17) is 5.11 Å². The van der Waals surface area contributed by atoms with Crippen molar-refractivity contribution in [3.8, 4) is 0 Å². The van der Waals surface area contributed by atoms with Gasteiger partial charge in [-0.15, -0.1) is 11.3 Å². The van der Waals surface area contributed by atoms with Gasteiger partial charge in [0, 0.05) is 27.8 Å². The molecule has 0 aliphatic carbocycles. The van der Waals surface area contributed by atoms with Gasteiger partial charge in [0.25, 0.3) is 0 Å². The first-order valence-corrected chi connectivity index (χ1v) is 5.42. The monoisotopic (exact) mass is 249 g/mol. The average Bonchev–Trinajstić information content (AvgIpc) is 2.36. The molecule has 1 aromatic rings. The number of aliphatic hydroxyl groups excluding tert-OH is 1. The zero-order chi connectivity index (χ0) is 8.97. The van der Waals surface area contributed by atoms with Gasteiger partial charge in [-0.2, -0.15) is 0 Å². The summed E-state index contributed by atoms with van der Waals surface area (Å²) in [6, 6.07) is 2.11. The Morgan fingerprint density at radius 2 is 2.42 bits per heavy atom. The highest BCUT2D eigenvalue weighted by atomic mass is 79.9. The summed E-state index contributed by atoms with van der Waals surface area (Å²) < 4.78 is 1.14. The van der Waals surface area contributed by atoms with Crippen molar-refractivity contribution in [1.82, 2.24) is 4.90 Å². The number of rotatable bonds is 4. The van der Waals surface area contributed by atoms with Gasteiger partial charge in [0.1, 0.15) is 0 Å². The van der Waals surface area contributed by atoms with Gasteiger partial charge in [0.15, 0.2) is 0 Å². The molecule has 0 unspecified atom stereocenters. The lowest BCUT2D eigenvalue weighted by atomic mass is 10.4. The minimum absolute atomic E-state index is 0.225. The summed E-state index contributed by atoms with van der Waals surface area (Å²) in [6.07, 6.45) is 0. The molecule has 0 bridgehead atoms. The fraction of sp³-hybridized carbons (Fsp3) is 0.500. The summed E-state index contributed by atoms with van der Waals surface area (Å²) in [5, 5.41) is 10.7. The van der Waals surface area contributed by atoms with Gasteiger partial charge < -0.3 is 5.11 Å². The van der Waals surface area contributed by atoms with Crippen molar-refractivity contribution in [1.29, 1.82) is 0 Å². The van der Waals surface area contributed by atoms with Gasteiger partial charge in [-0.05, 0) is 29.0 Å². The highest BCUT2D eigenvalue weighted by Crippen LogP contribution is 2.20. The van der Waals surface area contributed by atoms with Crippen LogP contribution in [0.4, 0.5) is 0 Å². The minimum Gasteiger partial charge on any atom is -0.395 e. The fourth-order valence-electron chi connectivity index (χ4n) is 0.953. The number of thiophene rings is 1. The second-order valence-electron chi connectivity index (χ2n) is 2.69. The molecule has 1 aromatic heterocycles. The molecule has 1 N–H and O–H groups in total. The van der Waals surface area contributed by atoms with E-state index in [0.29, 0.717) is 0 Å². The van der Waals surface area contributed by atoms with Crippen molar-refractivity contribution in [3.63, 3.8) is 0 Å². The highest BCUT2D eigenvalue weighted by molar-refractivity contribution is 9.10. The van der Waals surface area contributed by atoms with E-state index in [9.17, 15) is 0 Å². The summed E-state index contributed by atoms with van der Waals surface area (Å²) in [7, 11) is 2.00. The molecule has 2 nitrogen and oxygen atoms in total. The fourth-order valence-corrected chi connectivity index (χ4v) is 2.48. The quantitative estimate of drug-likeness (QED) is 0.882. The molecule has 0 spiro atoms. The molecule has 68 valence electrons. The molecule has 1 heterocycles. The van der Waals surface area contributed by atoms with Crippen LogP contribution < -0.4 is 0 Å². The summed E-state index contributed by atoms with van der Waals surface area (Å²) in [6.45, 7) is 1.87. The van der Waals surface area contributed by atoms with E-state index >= 15 is 0 Å². The molecule has 1 rings (SSSR count). The van der Waals surface area contributed by atoms with Crippen molar-refractivity contribution >= 4 is 27.3 Å². The van der Waals surface area contributed by atoms with E-state index < -0.39 is 0 Å². The number of aliphatic hydroxyl groups is 1. The highest BCUT2D eigenvalue weighted by Gasteiger charge is 2.01. The molecular weight excluding hydrogens is 238 g/mol. The SMILES string of the molecule is CN(CCO)Cc1cc(Br)cs1. The van der Waals surface area contributed by atoms with Crippen molar-refractivity contribution in [3.05, 3.63) is 20.8 Å². The third kappa shape index (κ3) is 3.23. The summed E-state index contributed by atoms with van der Waals surface area (Å²) in [5.41, 5.74) is 0. The Hall–Kier alpha value is 0.1000. The van der Waals surface area contributed by atoms with Crippen molar-refractivity contribution in [2.45, 2.75) is 6.54 Å². The lowest BCUT2D eigenvalue weighted by Gasteiger charge is -2.12. The maximum Gasteiger partial charge on any atom is 0.0558 e. The van der Waals surface area contributed by atoms with Crippen LogP contribution >= 0.6 is 27.3 Å². The van der Waals surface area contributed by atoms with Crippen molar-refractivity contribution in [2.75, 3.05) is 20.2 Å². The van der Waals surface area contributed by atoms with Crippen LogP contribution in [0.3, 0.4) is 0 Å². The first-order valence-electron chi connectivity index (χ1n) is 3.74. The predicted octanol–water partition coefficient (Wildman–Crippen LogP) is 1.93. The normalized spacial score (nSPS) is 11.0. The molecule has 0 amide bonds. The second-order valence-corrected chi connectivity index (χ2v) is 4.60. The van der Waals surface area contributed by atoms with Gasteiger partial charge >= 0.3 is 0 Å². The average molecular weight is 250 g/mol. The van der Waals surface area contributed by atoms with Crippen LogP contribution in [0, 0.1) is 0 Å². The van der Waals surface area contributed by atoms with E-state index in [0.717, 1.165) is 17.6 Å². The Balaban J connectivity index is 2.41. The van der Waals surface area contributed by atoms with Gasteiger partial charge in [-0.3, -0.25) is 4.90 Å². The van der Waals surface area contributed by atoms with Crippen LogP contribution in [0.5, 0.6) is 0 Å². The maximum atomic E-state index is 8.67. The Morgan fingerprint density at radius 1 is 1.67 bits per heavy atom. The first kappa shape index (κ1) is 10.2. The van der Waals surface area contributed by atoms with Crippen LogP contribution in [0.15, 0.2) is 15.9 Å². The number of nitrogens with zero attached hydrogens (tertiary/aromatic N) is 1. The number of likely N-dealkylation sites (N-methyl/N-ethyl adjacent to an activating group) is 1. The topological polar surface area (TPSA) is 23.5 Å². The van der Waals surface area contributed by atoms with Gasteiger partial charge in [0.2, 0.25) is 0 Å². The van der Waals surface area contributed by atoms with Crippen LogP contribution in [0.1, 0.15) is 4.88 Å². The Kier molecular flexibility index (Phi) is 4.21. The van der Waals surface area contributed by atoms with E-state index in [-0.39, 0.29) is 6.61 Å². The van der Waals surface area contributed by atoms with Crippen LogP contribution in [0.2, 0.25) is 0 Å². The third-order valence-corrected chi connectivity index (χ3v) is 3.21. The lowest BCUT2D eigenvalue weighted by molar-refractivity contribution is 0.218. The van der Waals surface area contributed by atoms with E-state index in [1.165, 1.54) is 4.88 Å². The smallest absolute Gasteiger partial charge is 0.0558 e.